The van der Waals surface area contributed by atoms with E-state index >= 15 is 0 Å². The van der Waals surface area contributed by atoms with Gasteiger partial charge in [-0.15, -0.1) is 11.8 Å². The Labute approximate surface area is 159 Å². The van der Waals surface area contributed by atoms with Gasteiger partial charge in [0.1, 0.15) is 11.6 Å². The molecular formula is C19H15ClFN3OS. The van der Waals surface area contributed by atoms with Gasteiger partial charge in [-0.3, -0.25) is 4.79 Å². The first-order chi connectivity index (χ1) is 12.6. The highest BCUT2D eigenvalue weighted by Crippen LogP contribution is 2.42. The van der Waals surface area contributed by atoms with Crippen molar-refractivity contribution in [3.63, 3.8) is 0 Å². The average Bonchev–Trinajstić information content (AvgIpc) is 2.92. The van der Waals surface area contributed by atoms with E-state index in [1.165, 1.54) is 17.8 Å². The number of halogens is 2. The van der Waals surface area contributed by atoms with Crippen molar-refractivity contribution in [2.45, 2.75) is 11.8 Å². The maximum atomic E-state index is 13.5. The number of fused-ring (bicyclic) bond motifs is 1. The van der Waals surface area contributed by atoms with Crippen molar-refractivity contribution >= 4 is 35.1 Å². The number of rotatable bonds is 3. The maximum absolute atomic E-state index is 13.5. The van der Waals surface area contributed by atoms with Gasteiger partial charge in [-0.1, -0.05) is 48.0 Å². The van der Waals surface area contributed by atoms with E-state index < -0.39 is 5.82 Å². The lowest BCUT2D eigenvalue weighted by Gasteiger charge is -2.15. The average molecular weight is 388 g/mol. The zero-order valence-corrected chi connectivity index (χ0v) is 15.2. The first kappa shape index (κ1) is 17.1. The summed E-state index contributed by atoms with van der Waals surface area (Å²) in [6.07, 6.45) is 1.76. The molecular weight excluding hydrogens is 373 g/mol. The number of thioether (sulfide) groups is 1. The van der Waals surface area contributed by atoms with E-state index in [9.17, 15) is 9.18 Å². The Bertz CT molecular complexity index is 961. The van der Waals surface area contributed by atoms with Gasteiger partial charge < -0.3 is 5.32 Å². The third-order valence-corrected chi connectivity index (χ3v) is 5.79. The summed E-state index contributed by atoms with van der Waals surface area (Å²) < 4.78 is 15.3. The molecule has 1 atom stereocenters. The third kappa shape index (κ3) is 3.34. The van der Waals surface area contributed by atoms with Crippen LogP contribution in [0.25, 0.3) is 0 Å². The normalized spacial score (nSPS) is 16.7. The van der Waals surface area contributed by atoms with Gasteiger partial charge >= 0.3 is 0 Å². The Morgan fingerprint density at radius 1 is 1.27 bits per heavy atom. The van der Waals surface area contributed by atoms with Crippen LogP contribution in [-0.2, 0) is 11.3 Å². The first-order valence-corrected chi connectivity index (χ1v) is 9.50. The SMILES string of the molecule is O=C1CSC(c2ccc(F)c(Cl)c2)c2cnn(Cc3ccccc3)c2N1. The van der Waals surface area contributed by atoms with Crippen molar-refractivity contribution in [1.82, 2.24) is 9.78 Å². The minimum atomic E-state index is -0.455. The molecule has 132 valence electrons. The summed E-state index contributed by atoms with van der Waals surface area (Å²) in [6.45, 7) is 0.554. The smallest absolute Gasteiger partial charge is 0.235 e. The highest BCUT2D eigenvalue weighted by Gasteiger charge is 2.28. The van der Waals surface area contributed by atoms with Crippen molar-refractivity contribution in [3.8, 4) is 0 Å². The number of carbonyl (C=O) groups excluding carboxylic acids is 1. The largest absolute Gasteiger partial charge is 0.310 e. The zero-order valence-electron chi connectivity index (χ0n) is 13.7. The summed E-state index contributed by atoms with van der Waals surface area (Å²) >= 11 is 7.43. The fourth-order valence-electron chi connectivity index (χ4n) is 2.97. The second kappa shape index (κ2) is 7.13. The highest BCUT2D eigenvalue weighted by molar-refractivity contribution is 8.00. The fourth-order valence-corrected chi connectivity index (χ4v) is 4.24. The summed E-state index contributed by atoms with van der Waals surface area (Å²) in [5.74, 6) is 0.443. The molecule has 0 aliphatic carbocycles. The Kier molecular flexibility index (Phi) is 4.70. The van der Waals surface area contributed by atoms with Gasteiger partial charge in [0.15, 0.2) is 0 Å². The Balaban J connectivity index is 1.74. The van der Waals surface area contributed by atoms with Crippen LogP contribution >= 0.6 is 23.4 Å². The molecule has 2 aromatic carbocycles. The first-order valence-electron chi connectivity index (χ1n) is 8.08. The van der Waals surface area contributed by atoms with E-state index in [-0.39, 0.29) is 16.2 Å². The molecule has 0 radical (unpaired) electrons. The molecule has 1 amide bonds. The van der Waals surface area contributed by atoms with Crippen LogP contribution in [0, 0.1) is 5.82 Å². The standard InChI is InChI=1S/C19H15ClFN3OS/c20-15-8-13(6-7-16(15)21)18-14-9-22-24(10-12-4-2-1-3-5-12)19(14)23-17(25)11-26-18/h1-9,18H,10-11H2,(H,23,25). The second-order valence-electron chi connectivity index (χ2n) is 6.00. The van der Waals surface area contributed by atoms with Crippen LogP contribution in [0.15, 0.2) is 54.7 Å². The Hall–Kier alpha value is -2.31. The minimum Gasteiger partial charge on any atom is -0.310 e. The van der Waals surface area contributed by atoms with E-state index in [2.05, 4.69) is 10.4 Å². The molecule has 0 saturated heterocycles. The van der Waals surface area contributed by atoms with Gasteiger partial charge in [-0.25, -0.2) is 9.07 Å². The molecule has 1 N–H and O–H groups in total. The van der Waals surface area contributed by atoms with Gasteiger partial charge in [0, 0.05) is 5.56 Å². The molecule has 4 rings (SSSR count). The summed E-state index contributed by atoms with van der Waals surface area (Å²) in [7, 11) is 0. The molecule has 0 fully saturated rings. The van der Waals surface area contributed by atoms with Gasteiger partial charge in [0.2, 0.25) is 5.91 Å². The molecule has 1 unspecified atom stereocenters. The number of anilines is 1. The summed E-state index contributed by atoms with van der Waals surface area (Å²) in [4.78, 5) is 12.2. The van der Waals surface area contributed by atoms with Crippen LogP contribution in [0.2, 0.25) is 5.02 Å². The lowest BCUT2D eigenvalue weighted by molar-refractivity contribution is -0.113. The van der Waals surface area contributed by atoms with Crippen LogP contribution in [-0.4, -0.2) is 21.4 Å². The fraction of sp³-hybridized carbons (Fsp3) is 0.158. The molecule has 1 aromatic heterocycles. The quantitative estimate of drug-likeness (QED) is 0.719. The topological polar surface area (TPSA) is 46.9 Å². The molecule has 3 aromatic rings. The van der Waals surface area contributed by atoms with Crippen molar-refractivity contribution in [1.29, 1.82) is 0 Å². The number of nitrogens with one attached hydrogen (secondary N) is 1. The number of amides is 1. The molecule has 4 nitrogen and oxygen atoms in total. The minimum absolute atomic E-state index is 0.0739. The zero-order chi connectivity index (χ0) is 18.1. The van der Waals surface area contributed by atoms with E-state index in [0.717, 1.165) is 16.7 Å². The third-order valence-electron chi connectivity index (χ3n) is 4.21. The molecule has 26 heavy (non-hydrogen) atoms. The predicted molar refractivity (Wildman–Crippen MR) is 102 cm³/mol. The predicted octanol–water partition coefficient (Wildman–Crippen LogP) is 4.50. The van der Waals surface area contributed by atoms with Gasteiger partial charge in [-0.2, -0.15) is 5.10 Å². The Morgan fingerprint density at radius 3 is 2.85 bits per heavy atom. The number of nitrogens with zero attached hydrogens (tertiary/aromatic N) is 2. The van der Waals surface area contributed by atoms with E-state index in [1.54, 1.807) is 23.0 Å². The van der Waals surface area contributed by atoms with Crippen LogP contribution in [0.3, 0.4) is 0 Å². The molecule has 0 spiro atoms. The second-order valence-corrected chi connectivity index (χ2v) is 7.51. The number of aromatic nitrogens is 2. The summed E-state index contributed by atoms with van der Waals surface area (Å²) in [5.41, 5.74) is 2.82. The number of carbonyl (C=O) groups is 1. The van der Waals surface area contributed by atoms with Crippen LogP contribution in [0.4, 0.5) is 10.2 Å². The molecule has 1 aliphatic rings. The van der Waals surface area contributed by atoms with Crippen LogP contribution in [0.5, 0.6) is 0 Å². The lowest BCUT2D eigenvalue weighted by atomic mass is 10.1. The van der Waals surface area contributed by atoms with Crippen LogP contribution in [0.1, 0.15) is 21.9 Å². The van der Waals surface area contributed by atoms with E-state index in [0.29, 0.717) is 18.1 Å². The van der Waals surface area contributed by atoms with Crippen molar-refractivity contribution < 1.29 is 9.18 Å². The van der Waals surface area contributed by atoms with Crippen molar-refractivity contribution in [2.24, 2.45) is 0 Å². The number of hydrogen-bond acceptors (Lipinski definition) is 3. The molecule has 1 aliphatic heterocycles. The molecule has 0 saturated carbocycles. The van der Waals surface area contributed by atoms with Gasteiger partial charge in [0.05, 0.1) is 28.8 Å². The number of hydrogen-bond donors (Lipinski definition) is 1. The van der Waals surface area contributed by atoms with E-state index in [4.69, 9.17) is 11.6 Å². The van der Waals surface area contributed by atoms with Gasteiger partial charge in [-0.05, 0) is 23.3 Å². The molecule has 2 heterocycles. The monoisotopic (exact) mass is 387 g/mol. The number of benzene rings is 2. The molecule has 7 heteroatoms. The van der Waals surface area contributed by atoms with Gasteiger partial charge in [0.25, 0.3) is 0 Å². The lowest BCUT2D eigenvalue weighted by Crippen LogP contribution is -2.16. The highest BCUT2D eigenvalue weighted by atomic mass is 35.5. The summed E-state index contributed by atoms with van der Waals surface area (Å²) in [6, 6.07) is 14.6. The van der Waals surface area contributed by atoms with E-state index in [1.807, 2.05) is 30.3 Å². The van der Waals surface area contributed by atoms with Crippen molar-refractivity contribution in [2.75, 3.05) is 11.1 Å². The maximum Gasteiger partial charge on any atom is 0.235 e. The van der Waals surface area contributed by atoms with Crippen LogP contribution < -0.4 is 5.32 Å². The summed E-state index contributed by atoms with van der Waals surface area (Å²) in [5, 5.41) is 7.34. The van der Waals surface area contributed by atoms with Crippen molar-refractivity contribution in [3.05, 3.63) is 82.3 Å². The Morgan fingerprint density at radius 2 is 2.08 bits per heavy atom. The molecule has 0 bridgehead atoms.